The summed E-state index contributed by atoms with van der Waals surface area (Å²) in [5.41, 5.74) is 0.448. The molecule has 1 aromatic carbocycles. The molecule has 0 fully saturated rings. The molecule has 1 rings (SSSR count). The van der Waals surface area contributed by atoms with Crippen LogP contribution < -0.4 is 10.0 Å². The monoisotopic (exact) mass is 368 g/mol. The fraction of sp³-hybridized carbons (Fsp3) is 0.500. The summed E-state index contributed by atoms with van der Waals surface area (Å²) < 4.78 is 27.5. The normalized spacial score (nSPS) is 13.6. The van der Waals surface area contributed by atoms with Crippen LogP contribution in [-0.4, -0.2) is 26.3 Å². The second-order valence-corrected chi connectivity index (χ2v) is 8.03. The first-order valence-electron chi connectivity index (χ1n) is 5.92. The van der Waals surface area contributed by atoms with Crippen LogP contribution in [0, 0.1) is 0 Å². The molecule has 1 atom stereocenters. The summed E-state index contributed by atoms with van der Waals surface area (Å²) in [6.07, 6.45) is 0. The number of benzene rings is 1. The molecule has 0 amide bonds. The third kappa shape index (κ3) is 5.30. The molecule has 0 heterocycles. The van der Waals surface area contributed by atoms with Crippen molar-refractivity contribution in [3.63, 3.8) is 0 Å². The lowest BCUT2D eigenvalue weighted by molar-refractivity contribution is 0.553. The van der Waals surface area contributed by atoms with E-state index in [1.165, 1.54) is 0 Å². The van der Waals surface area contributed by atoms with Crippen molar-refractivity contribution in [3.05, 3.63) is 27.7 Å². The number of halogens is 2. The molecule has 0 aromatic heterocycles. The van der Waals surface area contributed by atoms with Crippen molar-refractivity contribution in [2.24, 2.45) is 0 Å². The fourth-order valence-corrected chi connectivity index (χ4v) is 2.98. The van der Waals surface area contributed by atoms with Crippen molar-refractivity contribution in [3.8, 4) is 0 Å². The SMILES string of the molecule is CC(C)NCC(C)S(=O)(=O)Nc1cc(Cl)ccc1Br. The van der Waals surface area contributed by atoms with Crippen molar-refractivity contribution >= 4 is 43.2 Å². The summed E-state index contributed by atoms with van der Waals surface area (Å²) in [5.74, 6) is 0. The molecule has 7 heteroatoms. The van der Waals surface area contributed by atoms with Gasteiger partial charge in [-0.3, -0.25) is 4.72 Å². The Labute approximate surface area is 128 Å². The van der Waals surface area contributed by atoms with Crippen molar-refractivity contribution in [2.45, 2.75) is 32.1 Å². The van der Waals surface area contributed by atoms with Crippen molar-refractivity contribution in [1.82, 2.24) is 5.32 Å². The molecular weight excluding hydrogens is 352 g/mol. The van der Waals surface area contributed by atoms with Gasteiger partial charge in [-0.25, -0.2) is 8.42 Å². The summed E-state index contributed by atoms with van der Waals surface area (Å²) in [6.45, 7) is 6.00. The smallest absolute Gasteiger partial charge is 0.236 e. The van der Waals surface area contributed by atoms with Crippen LogP contribution in [0.5, 0.6) is 0 Å². The molecule has 108 valence electrons. The van der Waals surface area contributed by atoms with Crippen LogP contribution in [0.15, 0.2) is 22.7 Å². The Hall–Kier alpha value is -0.300. The van der Waals surface area contributed by atoms with Gasteiger partial charge in [0.15, 0.2) is 0 Å². The zero-order chi connectivity index (χ0) is 14.6. The second-order valence-electron chi connectivity index (χ2n) is 4.64. The van der Waals surface area contributed by atoms with Gasteiger partial charge in [0.2, 0.25) is 10.0 Å². The largest absolute Gasteiger partial charge is 0.313 e. The van der Waals surface area contributed by atoms with Crippen molar-refractivity contribution in [1.29, 1.82) is 0 Å². The predicted molar refractivity (Wildman–Crippen MR) is 84.3 cm³/mol. The highest BCUT2D eigenvalue weighted by Crippen LogP contribution is 2.27. The van der Waals surface area contributed by atoms with Gasteiger partial charge >= 0.3 is 0 Å². The maximum Gasteiger partial charge on any atom is 0.236 e. The standard InChI is InChI=1S/C12H18BrClN2O2S/c1-8(2)15-7-9(3)19(17,18)16-12-6-10(14)4-5-11(12)13/h4-6,8-9,15-16H,7H2,1-3H3. The summed E-state index contributed by atoms with van der Waals surface area (Å²) in [6, 6.07) is 5.21. The first-order chi connectivity index (χ1) is 8.72. The highest BCUT2D eigenvalue weighted by molar-refractivity contribution is 9.10. The zero-order valence-corrected chi connectivity index (χ0v) is 14.2. The second kappa shape index (κ2) is 6.92. The number of sulfonamides is 1. The van der Waals surface area contributed by atoms with E-state index in [-0.39, 0.29) is 6.04 Å². The zero-order valence-electron chi connectivity index (χ0n) is 11.1. The molecule has 0 radical (unpaired) electrons. The quantitative estimate of drug-likeness (QED) is 0.809. The average Bonchev–Trinajstić information content (AvgIpc) is 2.30. The van der Waals surface area contributed by atoms with Gasteiger partial charge in [-0.2, -0.15) is 0 Å². The molecule has 0 aliphatic rings. The Morgan fingerprint density at radius 2 is 1.95 bits per heavy atom. The van der Waals surface area contributed by atoms with Crippen LogP contribution >= 0.6 is 27.5 Å². The summed E-state index contributed by atoms with van der Waals surface area (Å²) in [4.78, 5) is 0. The Bertz CT molecular complexity index is 535. The fourth-order valence-electron chi connectivity index (χ4n) is 1.34. The van der Waals surface area contributed by atoms with E-state index < -0.39 is 15.3 Å². The Kier molecular flexibility index (Phi) is 6.11. The molecule has 0 bridgehead atoms. The van der Waals surface area contributed by atoms with Gasteiger partial charge in [0.1, 0.15) is 0 Å². The van der Waals surface area contributed by atoms with Crippen LogP contribution in [0.2, 0.25) is 5.02 Å². The van der Waals surface area contributed by atoms with E-state index in [9.17, 15) is 8.42 Å². The number of hydrogen-bond donors (Lipinski definition) is 2. The molecule has 4 nitrogen and oxygen atoms in total. The lowest BCUT2D eigenvalue weighted by Crippen LogP contribution is -2.37. The van der Waals surface area contributed by atoms with E-state index in [1.54, 1.807) is 25.1 Å². The lowest BCUT2D eigenvalue weighted by Gasteiger charge is -2.17. The maximum absolute atomic E-state index is 12.2. The average molecular weight is 370 g/mol. The minimum absolute atomic E-state index is 0.246. The molecule has 1 unspecified atom stereocenters. The number of anilines is 1. The Balaban J connectivity index is 2.81. The predicted octanol–water partition coefficient (Wildman–Crippen LogP) is 3.23. The van der Waals surface area contributed by atoms with Gasteiger partial charge in [0.05, 0.1) is 10.9 Å². The van der Waals surface area contributed by atoms with Gasteiger partial charge in [0.25, 0.3) is 0 Å². The number of rotatable bonds is 6. The third-order valence-electron chi connectivity index (χ3n) is 2.52. The minimum atomic E-state index is -3.45. The van der Waals surface area contributed by atoms with E-state index in [1.807, 2.05) is 13.8 Å². The highest BCUT2D eigenvalue weighted by atomic mass is 79.9. The van der Waals surface area contributed by atoms with E-state index in [0.29, 0.717) is 21.7 Å². The van der Waals surface area contributed by atoms with Crippen molar-refractivity contribution in [2.75, 3.05) is 11.3 Å². The van der Waals surface area contributed by atoms with Crippen LogP contribution in [0.4, 0.5) is 5.69 Å². The minimum Gasteiger partial charge on any atom is -0.313 e. The van der Waals surface area contributed by atoms with Crippen LogP contribution in [-0.2, 0) is 10.0 Å². The Morgan fingerprint density at radius 3 is 2.53 bits per heavy atom. The highest BCUT2D eigenvalue weighted by Gasteiger charge is 2.21. The van der Waals surface area contributed by atoms with E-state index >= 15 is 0 Å². The van der Waals surface area contributed by atoms with Gasteiger partial charge in [0, 0.05) is 22.1 Å². The lowest BCUT2D eigenvalue weighted by atomic mass is 10.3. The van der Waals surface area contributed by atoms with Gasteiger partial charge in [-0.1, -0.05) is 25.4 Å². The maximum atomic E-state index is 12.2. The molecule has 1 aromatic rings. The van der Waals surface area contributed by atoms with Gasteiger partial charge in [-0.15, -0.1) is 0 Å². The third-order valence-corrected chi connectivity index (χ3v) is 5.18. The molecule has 0 aliphatic carbocycles. The first kappa shape index (κ1) is 16.8. The first-order valence-corrected chi connectivity index (χ1v) is 8.64. The summed E-state index contributed by atoms with van der Waals surface area (Å²) >= 11 is 9.15. The van der Waals surface area contributed by atoms with Gasteiger partial charge < -0.3 is 5.32 Å². The van der Waals surface area contributed by atoms with Crippen LogP contribution in [0.3, 0.4) is 0 Å². The molecule has 0 saturated carbocycles. The van der Waals surface area contributed by atoms with Crippen LogP contribution in [0.25, 0.3) is 0 Å². The molecule has 0 saturated heterocycles. The molecule has 0 aliphatic heterocycles. The molecule has 2 N–H and O–H groups in total. The van der Waals surface area contributed by atoms with Crippen molar-refractivity contribution < 1.29 is 8.42 Å². The topological polar surface area (TPSA) is 58.2 Å². The Morgan fingerprint density at radius 1 is 1.32 bits per heavy atom. The summed E-state index contributed by atoms with van der Waals surface area (Å²) in [7, 11) is -3.45. The van der Waals surface area contributed by atoms with E-state index in [2.05, 4.69) is 26.0 Å². The number of nitrogens with one attached hydrogen (secondary N) is 2. The molecule has 19 heavy (non-hydrogen) atoms. The van der Waals surface area contributed by atoms with Crippen LogP contribution in [0.1, 0.15) is 20.8 Å². The van der Waals surface area contributed by atoms with E-state index in [0.717, 1.165) is 0 Å². The molecular formula is C12H18BrClN2O2S. The number of hydrogen-bond acceptors (Lipinski definition) is 3. The summed E-state index contributed by atoms with van der Waals surface area (Å²) in [5, 5.41) is 3.05. The van der Waals surface area contributed by atoms with Gasteiger partial charge in [-0.05, 0) is 41.1 Å². The molecule has 0 spiro atoms. The van der Waals surface area contributed by atoms with E-state index in [4.69, 9.17) is 11.6 Å².